The van der Waals surface area contributed by atoms with E-state index < -0.39 is 0 Å². The molecular formula is C14H22N6S. The monoisotopic (exact) mass is 306 g/mol. The molecule has 1 saturated heterocycles. The average Bonchev–Trinajstić information content (AvgIpc) is 3.14. The molecule has 114 valence electrons. The molecule has 2 aromatic rings. The Morgan fingerprint density at radius 1 is 1.10 bits per heavy atom. The van der Waals surface area contributed by atoms with Crippen molar-refractivity contribution in [2.75, 3.05) is 26.2 Å². The molecule has 21 heavy (non-hydrogen) atoms. The number of hydrogen-bond acceptors (Lipinski definition) is 6. The summed E-state index contributed by atoms with van der Waals surface area (Å²) in [6.07, 6.45) is 6.34. The molecule has 2 fully saturated rings. The van der Waals surface area contributed by atoms with Crippen LogP contribution in [0.3, 0.4) is 0 Å². The van der Waals surface area contributed by atoms with Gasteiger partial charge in [-0.05, 0) is 32.4 Å². The van der Waals surface area contributed by atoms with Crippen molar-refractivity contribution in [3.8, 4) is 0 Å². The summed E-state index contributed by atoms with van der Waals surface area (Å²) >= 11 is 1.69. The van der Waals surface area contributed by atoms with Crippen LogP contribution >= 0.6 is 11.3 Å². The summed E-state index contributed by atoms with van der Waals surface area (Å²) in [5, 5.41) is 18.1. The van der Waals surface area contributed by atoms with Crippen molar-refractivity contribution in [1.82, 2.24) is 30.0 Å². The van der Waals surface area contributed by atoms with Gasteiger partial charge in [0.1, 0.15) is 5.01 Å². The maximum atomic E-state index is 4.79. The normalized spacial score (nSPS) is 22.1. The molecule has 0 bridgehead atoms. The lowest BCUT2D eigenvalue weighted by atomic mass is 10.1. The second-order valence-corrected chi connectivity index (χ2v) is 7.15. The topological polar surface area (TPSA) is 58.4 Å². The van der Waals surface area contributed by atoms with E-state index in [2.05, 4.69) is 20.4 Å². The van der Waals surface area contributed by atoms with Crippen molar-refractivity contribution in [1.29, 1.82) is 0 Å². The Labute approximate surface area is 128 Å². The lowest BCUT2D eigenvalue weighted by Crippen LogP contribution is -2.27. The highest BCUT2D eigenvalue weighted by atomic mass is 32.1. The first-order valence-electron chi connectivity index (χ1n) is 8.04. The van der Waals surface area contributed by atoms with Crippen LogP contribution in [0.25, 0.3) is 4.96 Å². The smallest absolute Gasteiger partial charge is 0.234 e. The molecule has 0 atom stereocenters. The minimum atomic E-state index is 0.567. The van der Waals surface area contributed by atoms with Crippen LogP contribution in [0.1, 0.15) is 48.9 Å². The molecule has 7 heteroatoms. The summed E-state index contributed by atoms with van der Waals surface area (Å²) in [5.74, 6) is 1.65. The van der Waals surface area contributed by atoms with E-state index in [-0.39, 0.29) is 0 Å². The van der Waals surface area contributed by atoms with Crippen molar-refractivity contribution in [3.63, 3.8) is 0 Å². The highest BCUT2D eigenvalue weighted by molar-refractivity contribution is 7.16. The van der Waals surface area contributed by atoms with E-state index in [4.69, 9.17) is 5.10 Å². The number of rotatable bonds is 3. The Balaban J connectivity index is 1.53. The summed E-state index contributed by atoms with van der Waals surface area (Å²) in [6.45, 7) is 5.42. The van der Waals surface area contributed by atoms with E-state index in [1.54, 1.807) is 11.3 Å². The molecule has 1 saturated carbocycles. The first-order chi connectivity index (χ1) is 10.4. The Morgan fingerprint density at radius 3 is 2.90 bits per heavy atom. The minimum absolute atomic E-state index is 0.567. The summed E-state index contributed by atoms with van der Waals surface area (Å²) in [6, 6.07) is 0. The molecule has 6 nitrogen and oxygen atoms in total. The van der Waals surface area contributed by atoms with Crippen molar-refractivity contribution >= 4 is 16.3 Å². The maximum absolute atomic E-state index is 4.79. The van der Waals surface area contributed by atoms with Crippen LogP contribution in [-0.2, 0) is 6.54 Å². The Kier molecular flexibility index (Phi) is 3.87. The quantitative estimate of drug-likeness (QED) is 0.934. The number of aromatic nitrogens is 4. The molecule has 1 aliphatic heterocycles. The van der Waals surface area contributed by atoms with E-state index in [0.717, 1.165) is 43.5 Å². The Bertz CT molecular complexity index is 592. The van der Waals surface area contributed by atoms with Crippen LogP contribution in [0.5, 0.6) is 0 Å². The maximum Gasteiger partial charge on any atom is 0.234 e. The van der Waals surface area contributed by atoms with Crippen LogP contribution in [0.4, 0.5) is 0 Å². The fourth-order valence-corrected chi connectivity index (χ4v) is 4.31. The van der Waals surface area contributed by atoms with Gasteiger partial charge in [-0.1, -0.05) is 24.2 Å². The summed E-state index contributed by atoms with van der Waals surface area (Å²) < 4.78 is 2.01. The zero-order valence-electron chi connectivity index (χ0n) is 12.3. The Hall–Kier alpha value is -1.05. The van der Waals surface area contributed by atoms with Gasteiger partial charge in [-0.15, -0.1) is 10.2 Å². The molecule has 0 unspecified atom stereocenters. The van der Waals surface area contributed by atoms with Gasteiger partial charge in [0.2, 0.25) is 4.96 Å². The molecule has 4 rings (SSSR count). The van der Waals surface area contributed by atoms with Gasteiger partial charge in [0.05, 0.1) is 6.54 Å². The average molecular weight is 306 g/mol. The predicted molar refractivity (Wildman–Crippen MR) is 82.6 cm³/mol. The molecule has 2 aromatic heterocycles. The van der Waals surface area contributed by atoms with Crippen LogP contribution in [0.15, 0.2) is 0 Å². The fraction of sp³-hybridized carbons (Fsp3) is 0.786. The second kappa shape index (κ2) is 5.98. The van der Waals surface area contributed by atoms with Gasteiger partial charge in [-0.3, -0.25) is 4.90 Å². The third-order valence-corrected chi connectivity index (χ3v) is 5.45. The van der Waals surface area contributed by atoms with E-state index in [1.165, 1.54) is 37.1 Å². The third-order valence-electron chi connectivity index (χ3n) is 4.57. The molecule has 2 aliphatic rings. The number of hydrogen-bond donors (Lipinski definition) is 1. The van der Waals surface area contributed by atoms with Crippen LogP contribution in [0, 0.1) is 0 Å². The van der Waals surface area contributed by atoms with E-state index in [9.17, 15) is 0 Å². The van der Waals surface area contributed by atoms with Crippen LogP contribution < -0.4 is 5.32 Å². The lowest BCUT2D eigenvalue weighted by Gasteiger charge is -2.17. The van der Waals surface area contributed by atoms with Gasteiger partial charge in [0.25, 0.3) is 0 Å². The number of fused-ring (bicyclic) bond motifs is 1. The number of nitrogens with zero attached hydrogens (tertiary/aromatic N) is 5. The SMILES string of the molecule is C1CCC(c2nnc3sc(CN4CCCNCC4)nn23)C1. The van der Waals surface area contributed by atoms with Gasteiger partial charge in [-0.25, -0.2) is 0 Å². The standard InChI is InChI=1S/C14H22N6S/c1-2-5-11(4-1)13-16-17-14-20(13)18-12(21-14)10-19-8-3-6-15-7-9-19/h11,15H,1-10H2. The second-order valence-electron chi connectivity index (χ2n) is 6.11. The van der Waals surface area contributed by atoms with E-state index in [0.29, 0.717) is 5.92 Å². The highest BCUT2D eigenvalue weighted by Crippen LogP contribution is 2.33. The first kappa shape index (κ1) is 13.6. The van der Waals surface area contributed by atoms with Crippen molar-refractivity contribution in [3.05, 3.63) is 10.8 Å². The van der Waals surface area contributed by atoms with Crippen LogP contribution in [-0.4, -0.2) is 50.9 Å². The zero-order valence-corrected chi connectivity index (χ0v) is 13.1. The van der Waals surface area contributed by atoms with E-state index >= 15 is 0 Å². The summed E-state index contributed by atoms with van der Waals surface area (Å²) in [4.78, 5) is 3.45. The van der Waals surface area contributed by atoms with Gasteiger partial charge in [0.15, 0.2) is 5.82 Å². The first-order valence-corrected chi connectivity index (χ1v) is 8.86. The number of nitrogens with one attached hydrogen (secondary N) is 1. The predicted octanol–water partition coefficient (Wildman–Crippen LogP) is 1.64. The third kappa shape index (κ3) is 2.82. The fourth-order valence-electron chi connectivity index (χ4n) is 3.43. The summed E-state index contributed by atoms with van der Waals surface area (Å²) in [5.41, 5.74) is 0. The molecule has 0 spiro atoms. The van der Waals surface area contributed by atoms with Crippen LogP contribution in [0.2, 0.25) is 0 Å². The summed E-state index contributed by atoms with van der Waals surface area (Å²) in [7, 11) is 0. The lowest BCUT2D eigenvalue weighted by molar-refractivity contribution is 0.283. The molecule has 3 heterocycles. The van der Waals surface area contributed by atoms with E-state index in [1.807, 2.05) is 4.52 Å². The molecule has 1 N–H and O–H groups in total. The molecule has 1 aliphatic carbocycles. The molecule has 0 amide bonds. The molecule has 0 aromatic carbocycles. The van der Waals surface area contributed by atoms with Gasteiger partial charge >= 0.3 is 0 Å². The minimum Gasteiger partial charge on any atom is -0.315 e. The molecular weight excluding hydrogens is 284 g/mol. The molecule has 0 radical (unpaired) electrons. The van der Waals surface area contributed by atoms with Crippen molar-refractivity contribution in [2.45, 2.75) is 44.6 Å². The van der Waals surface area contributed by atoms with Gasteiger partial charge in [-0.2, -0.15) is 9.61 Å². The van der Waals surface area contributed by atoms with Crippen molar-refractivity contribution < 1.29 is 0 Å². The Morgan fingerprint density at radius 2 is 2.00 bits per heavy atom. The highest BCUT2D eigenvalue weighted by Gasteiger charge is 2.24. The van der Waals surface area contributed by atoms with Gasteiger partial charge in [0, 0.05) is 19.0 Å². The largest absolute Gasteiger partial charge is 0.315 e. The van der Waals surface area contributed by atoms with Gasteiger partial charge < -0.3 is 5.32 Å². The van der Waals surface area contributed by atoms with Crippen molar-refractivity contribution in [2.24, 2.45) is 0 Å². The zero-order chi connectivity index (χ0) is 14.1.